The van der Waals surface area contributed by atoms with E-state index < -0.39 is 10.0 Å². The van der Waals surface area contributed by atoms with Gasteiger partial charge in [-0.2, -0.15) is 0 Å². The minimum Gasteiger partial charge on any atom is -0.399 e. The number of nitrogen functional groups attached to an aromatic ring is 1. The molecule has 4 aromatic rings. The maximum atomic E-state index is 12.6. The van der Waals surface area contributed by atoms with Crippen molar-refractivity contribution in [3.05, 3.63) is 114 Å². The van der Waals surface area contributed by atoms with Gasteiger partial charge in [0.2, 0.25) is 0 Å². The fourth-order valence-electron chi connectivity index (χ4n) is 9.63. The molecule has 0 bridgehead atoms. The number of pyridine rings is 2. The van der Waals surface area contributed by atoms with Crippen molar-refractivity contribution in [2.24, 2.45) is 23.7 Å². The summed E-state index contributed by atoms with van der Waals surface area (Å²) in [6, 6.07) is 23.6. The Hall–Kier alpha value is -3.79. The van der Waals surface area contributed by atoms with Crippen LogP contribution in [0, 0.1) is 30.6 Å². The van der Waals surface area contributed by atoms with E-state index in [-0.39, 0.29) is 10.3 Å². The Labute approximate surface area is 337 Å². The molecule has 4 unspecified atom stereocenters. The number of hydrogen-bond donors (Lipinski definition) is 2. The van der Waals surface area contributed by atoms with Crippen LogP contribution in [0.5, 0.6) is 0 Å². The number of nitrogens with zero attached hydrogens (tertiary/aromatic N) is 4. The van der Waals surface area contributed by atoms with Gasteiger partial charge >= 0.3 is 0 Å². The summed E-state index contributed by atoms with van der Waals surface area (Å²) in [4.78, 5) is 13.3. The van der Waals surface area contributed by atoms with Crippen LogP contribution in [-0.2, 0) is 20.9 Å². The Balaban J connectivity index is 0.000000169. The van der Waals surface area contributed by atoms with Crippen molar-refractivity contribution in [2.45, 2.75) is 102 Å². The highest BCUT2D eigenvalue weighted by atomic mass is 32.2. The fourth-order valence-corrected chi connectivity index (χ4v) is 10.6. The van der Waals surface area contributed by atoms with Gasteiger partial charge in [0, 0.05) is 73.2 Å². The fraction of sp³-hybridized carbons (Fsp3) is 0.532. The van der Waals surface area contributed by atoms with E-state index in [0.717, 1.165) is 17.5 Å². The predicted molar refractivity (Wildman–Crippen MR) is 231 cm³/mol. The molecule has 2 saturated carbocycles. The third kappa shape index (κ3) is 9.83. The number of sulfonamides is 1. The van der Waals surface area contributed by atoms with E-state index in [2.05, 4.69) is 76.5 Å². The second-order valence-corrected chi connectivity index (χ2v) is 18.8. The highest BCUT2D eigenvalue weighted by Crippen LogP contribution is 2.64. The van der Waals surface area contributed by atoms with E-state index in [4.69, 9.17) is 5.73 Å². The molecule has 2 aromatic heterocycles. The Morgan fingerprint density at radius 1 is 0.679 bits per heavy atom. The summed E-state index contributed by atoms with van der Waals surface area (Å²) in [5.41, 5.74) is 11.9. The minimum atomic E-state index is -3.62. The number of anilines is 2. The van der Waals surface area contributed by atoms with Crippen molar-refractivity contribution in [1.29, 1.82) is 0 Å². The van der Waals surface area contributed by atoms with Crippen LogP contribution in [0.4, 0.5) is 11.4 Å². The lowest BCUT2D eigenvalue weighted by atomic mass is 9.92. The van der Waals surface area contributed by atoms with Crippen molar-refractivity contribution >= 4 is 21.4 Å². The molecule has 4 atom stereocenters. The maximum Gasteiger partial charge on any atom is 0.263 e. The SMILES string of the molecule is CCCCCCN1CC2C(C1)C2(C)c1cccc(N)c1.CCCCCCN1CC2C(C1)C2(C)c1cccc(NS(=O)(=O)c2cccnc2)c1.Cc1cccnc1. The van der Waals surface area contributed by atoms with E-state index in [1.165, 1.54) is 114 Å². The largest absolute Gasteiger partial charge is 0.399 e. The summed E-state index contributed by atoms with van der Waals surface area (Å²) in [7, 11) is -3.62. The summed E-state index contributed by atoms with van der Waals surface area (Å²) in [6.45, 7) is 18.8. The number of aromatic nitrogens is 2. The molecule has 0 amide bonds. The van der Waals surface area contributed by atoms with Crippen molar-refractivity contribution in [2.75, 3.05) is 49.7 Å². The molecule has 302 valence electrons. The molecule has 4 aliphatic rings. The molecule has 56 heavy (non-hydrogen) atoms. The molecule has 4 fully saturated rings. The Morgan fingerprint density at radius 3 is 1.64 bits per heavy atom. The number of fused-ring (bicyclic) bond motifs is 2. The van der Waals surface area contributed by atoms with Gasteiger partial charge in [0.25, 0.3) is 10.0 Å². The van der Waals surface area contributed by atoms with Gasteiger partial charge in [0.15, 0.2) is 0 Å². The number of hydrogen-bond acceptors (Lipinski definition) is 7. The molecule has 0 radical (unpaired) electrons. The molecule has 8 nitrogen and oxygen atoms in total. The standard InChI is InChI=1S/C23H31N3O2S.C18H28N2.C6H7N/c1-3-4-5-6-13-26-16-21-22(17-26)23(21,2)18-9-7-10-19(14-18)25-29(27,28)20-11-8-12-24-15-20;1-3-4-5-6-10-20-12-16-17(13-20)18(16,2)14-8-7-9-15(19)11-14;1-6-3-2-4-7-5-6/h7-12,14-15,21-22,25H,3-6,13,16-17H2,1-2H3;7-9,11,16-17H,3-6,10,12-13,19H2,1-2H3;2-5H,1H3. The van der Waals surface area contributed by atoms with E-state index >= 15 is 0 Å². The van der Waals surface area contributed by atoms with Crippen molar-refractivity contribution in [3.63, 3.8) is 0 Å². The predicted octanol–water partition coefficient (Wildman–Crippen LogP) is 9.34. The molecule has 8 rings (SSSR count). The van der Waals surface area contributed by atoms with Crippen LogP contribution in [-0.4, -0.2) is 67.5 Å². The first-order valence-corrected chi connectivity index (χ1v) is 22.7. The van der Waals surface area contributed by atoms with Crippen LogP contribution in [0.3, 0.4) is 0 Å². The molecule has 2 aliphatic carbocycles. The zero-order chi connectivity index (χ0) is 39.8. The van der Waals surface area contributed by atoms with Gasteiger partial charge in [0.05, 0.1) is 0 Å². The first-order valence-electron chi connectivity index (χ1n) is 21.2. The molecular weight excluding hydrogens is 713 g/mol. The number of nitrogens with two attached hydrogens (primary N) is 1. The highest BCUT2D eigenvalue weighted by Gasteiger charge is 2.66. The van der Waals surface area contributed by atoms with Crippen LogP contribution < -0.4 is 10.5 Å². The van der Waals surface area contributed by atoms with Gasteiger partial charge in [-0.15, -0.1) is 0 Å². The van der Waals surface area contributed by atoms with E-state index in [9.17, 15) is 8.42 Å². The molecule has 2 aliphatic heterocycles. The number of piperidine rings is 2. The van der Waals surface area contributed by atoms with E-state index in [1.807, 2.05) is 49.5 Å². The summed E-state index contributed by atoms with van der Waals surface area (Å²) in [6.07, 6.45) is 17.3. The Kier molecular flexibility index (Phi) is 13.9. The van der Waals surface area contributed by atoms with Crippen LogP contribution in [0.1, 0.15) is 95.8 Å². The first kappa shape index (κ1) is 41.8. The Morgan fingerprint density at radius 2 is 1.20 bits per heavy atom. The second-order valence-electron chi connectivity index (χ2n) is 17.2. The first-order chi connectivity index (χ1) is 27.0. The molecule has 9 heteroatoms. The van der Waals surface area contributed by atoms with Gasteiger partial charge in [0.1, 0.15) is 4.90 Å². The van der Waals surface area contributed by atoms with Crippen LogP contribution >= 0.6 is 0 Å². The average Bonchev–Trinajstić information content (AvgIpc) is 3.67. The number of unbranched alkanes of at least 4 members (excludes halogenated alkanes) is 6. The average molecular weight is 779 g/mol. The van der Waals surface area contributed by atoms with Gasteiger partial charge < -0.3 is 15.5 Å². The molecule has 0 spiro atoms. The molecule has 2 saturated heterocycles. The number of benzene rings is 2. The number of aryl methyl sites for hydroxylation is 1. The molecule has 3 N–H and O–H groups in total. The minimum absolute atomic E-state index is 0.162. The van der Waals surface area contributed by atoms with Gasteiger partial charge in [-0.25, -0.2) is 8.42 Å². The third-order valence-electron chi connectivity index (χ3n) is 13.3. The smallest absolute Gasteiger partial charge is 0.263 e. The van der Waals surface area contributed by atoms with Crippen LogP contribution in [0.25, 0.3) is 0 Å². The summed E-state index contributed by atoms with van der Waals surface area (Å²) in [5, 5.41) is 0. The summed E-state index contributed by atoms with van der Waals surface area (Å²) >= 11 is 0. The molecule has 4 heterocycles. The van der Waals surface area contributed by atoms with Crippen LogP contribution in [0.2, 0.25) is 0 Å². The van der Waals surface area contributed by atoms with E-state index in [0.29, 0.717) is 22.9 Å². The number of rotatable bonds is 15. The summed E-state index contributed by atoms with van der Waals surface area (Å²) < 4.78 is 27.9. The summed E-state index contributed by atoms with van der Waals surface area (Å²) in [5.74, 6) is 3.07. The van der Waals surface area contributed by atoms with Gasteiger partial charge in [-0.3, -0.25) is 14.7 Å². The van der Waals surface area contributed by atoms with Crippen LogP contribution in [0.15, 0.2) is 102 Å². The number of nitrogens with one attached hydrogen (secondary N) is 1. The van der Waals surface area contributed by atoms with Crippen molar-refractivity contribution in [3.8, 4) is 0 Å². The number of likely N-dealkylation sites (tertiary alicyclic amines) is 2. The monoisotopic (exact) mass is 778 g/mol. The third-order valence-corrected chi connectivity index (χ3v) is 14.7. The lowest BCUT2D eigenvalue weighted by molar-refractivity contribution is 0.271. The zero-order valence-corrected chi connectivity index (χ0v) is 35.4. The van der Waals surface area contributed by atoms with Gasteiger partial charge in [-0.1, -0.05) is 96.6 Å². The topological polar surface area (TPSA) is 104 Å². The molecule has 2 aromatic carbocycles. The normalized spacial score (nSPS) is 26.2. The Bertz CT molecular complexity index is 1920. The quantitative estimate of drug-likeness (QED) is 0.0916. The lowest BCUT2D eigenvalue weighted by Crippen LogP contribution is -2.30. The molecular formula is C47H66N6O2S. The van der Waals surface area contributed by atoms with Crippen molar-refractivity contribution in [1.82, 2.24) is 19.8 Å². The lowest BCUT2D eigenvalue weighted by Gasteiger charge is -2.24. The zero-order valence-electron chi connectivity index (χ0n) is 34.5. The van der Waals surface area contributed by atoms with Gasteiger partial charge in [-0.05, 0) is 116 Å². The maximum absolute atomic E-state index is 12.6. The van der Waals surface area contributed by atoms with E-state index in [1.54, 1.807) is 24.5 Å². The second kappa shape index (κ2) is 18.6. The van der Waals surface area contributed by atoms with Crippen molar-refractivity contribution < 1.29 is 8.42 Å². The highest BCUT2D eigenvalue weighted by molar-refractivity contribution is 7.92.